The van der Waals surface area contributed by atoms with Gasteiger partial charge in [0, 0.05) is 12.8 Å². The van der Waals surface area contributed by atoms with Crippen LogP contribution in [0.4, 0.5) is 0 Å². The molecule has 0 aromatic heterocycles. The Balaban J connectivity index is 5.26. The van der Waals surface area contributed by atoms with Gasteiger partial charge in [-0.05, 0) is 115 Å². The lowest BCUT2D eigenvalue weighted by Crippen LogP contribution is -2.47. The van der Waals surface area contributed by atoms with Gasteiger partial charge in [0.2, 0.25) is 5.91 Å². The number of hydrogen-bond acceptors (Lipinski definition) is 6. The molecule has 3 unspecified atom stereocenters. The second-order valence-electron chi connectivity index (χ2n) is 22.2. The van der Waals surface area contributed by atoms with Gasteiger partial charge in [-0.25, -0.2) is 4.57 Å². The predicted molar refractivity (Wildman–Crippen MR) is 346 cm³/mol. The van der Waals surface area contributed by atoms with Crippen molar-refractivity contribution in [3.63, 3.8) is 0 Å². The minimum absolute atomic E-state index is 0.0230. The van der Waals surface area contributed by atoms with E-state index >= 15 is 0 Å². The highest BCUT2D eigenvalue weighted by Gasteiger charge is 2.30. The number of phosphoric acid groups is 1. The lowest BCUT2D eigenvalue weighted by molar-refractivity contribution is -0.870. The van der Waals surface area contributed by atoms with Gasteiger partial charge in [0.05, 0.1) is 33.8 Å². The van der Waals surface area contributed by atoms with Crippen LogP contribution in [0.5, 0.6) is 0 Å². The molecule has 0 aliphatic heterocycles. The van der Waals surface area contributed by atoms with Crippen molar-refractivity contribution < 1.29 is 37.3 Å². The fourth-order valence-corrected chi connectivity index (χ4v) is 9.21. The maximum Gasteiger partial charge on any atom is 0.472 e. The molecule has 0 aliphatic carbocycles. The van der Waals surface area contributed by atoms with Gasteiger partial charge < -0.3 is 19.4 Å². The fourth-order valence-electron chi connectivity index (χ4n) is 8.47. The summed E-state index contributed by atoms with van der Waals surface area (Å²) < 4.78 is 30.7. The molecule has 0 radical (unpaired) electrons. The molecular formula is C70H120N2O7P+. The van der Waals surface area contributed by atoms with Crippen molar-refractivity contribution in [2.24, 2.45) is 0 Å². The van der Waals surface area contributed by atoms with Crippen molar-refractivity contribution in [2.75, 3.05) is 40.9 Å². The third-order valence-corrected chi connectivity index (χ3v) is 14.3. The number of carbonyl (C=O) groups excluding carboxylic acids is 2. The Morgan fingerprint density at radius 2 is 0.812 bits per heavy atom. The third kappa shape index (κ3) is 58.8. The van der Waals surface area contributed by atoms with Crippen LogP contribution in [0, 0.1) is 0 Å². The zero-order valence-electron chi connectivity index (χ0n) is 52.0. The van der Waals surface area contributed by atoms with Crippen LogP contribution >= 0.6 is 7.82 Å². The number of nitrogens with one attached hydrogen (secondary N) is 1. The number of hydrogen-bond donors (Lipinski definition) is 2. The first-order valence-corrected chi connectivity index (χ1v) is 33.5. The molecule has 0 heterocycles. The monoisotopic (exact) mass is 1130 g/mol. The van der Waals surface area contributed by atoms with Crippen LogP contribution in [0.2, 0.25) is 0 Å². The number of quaternary nitrogens is 1. The molecular weight excluding hydrogens is 1010 g/mol. The van der Waals surface area contributed by atoms with Crippen LogP contribution in [-0.4, -0.2) is 74.3 Å². The lowest BCUT2D eigenvalue weighted by atomic mass is 10.0. The van der Waals surface area contributed by atoms with E-state index in [-0.39, 0.29) is 31.5 Å². The van der Waals surface area contributed by atoms with E-state index < -0.39 is 20.0 Å². The highest BCUT2D eigenvalue weighted by molar-refractivity contribution is 7.47. The Morgan fingerprint density at radius 3 is 1.23 bits per heavy atom. The van der Waals surface area contributed by atoms with E-state index in [9.17, 15) is 19.0 Å². The summed E-state index contributed by atoms with van der Waals surface area (Å²) in [5, 5.41) is 3.04. The maximum atomic E-state index is 13.6. The SMILES string of the molecule is CC/C=C\C/C=C\C/C=C\C/C=C\C/C=C\CCCCCCCCCCCC(=O)NC(COP(=O)(O)OCC[N+](C)(C)C)C(/C=C\CCCCCCCCCCCC)OC(=O)CCC/C=C\C/C=C\C/C=C\C/C=C\C/C=C\CC. The summed E-state index contributed by atoms with van der Waals surface area (Å²) in [7, 11) is 1.44. The lowest BCUT2D eigenvalue weighted by Gasteiger charge is -2.27. The van der Waals surface area contributed by atoms with Crippen molar-refractivity contribution in [3.8, 4) is 0 Å². The zero-order chi connectivity index (χ0) is 58.6. The molecule has 0 saturated heterocycles. The average molecular weight is 1130 g/mol. The molecule has 0 saturated carbocycles. The summed E-state index contributed by atoms with van der Waals surface area (Å²) in [4.78, 5) is 37.7. The van der Waals surface area contributed by atoms with E-state index in [1.807, 2.05) is 33.3 Å². The van der Waals surface area contributed by atoms with Gasteiger partial charge in [-0.3, -0.25) is 18.6 Å². The number of carbonyl (C=O) groups is 2. The van der Waals surface area contributed by atoms with Crippen LogP contribution in [0.15, 0.2) is 134 Å². The van der Waals surface area contributed by atoms with E-state index in [0.29, 0.717) is 23.9 Å². The van der Waals surface area contributed by atoms with E-state index in [2.05, 4.69) is 148 Å². The largest absolute Gasteiger partial charge is 0.472 e. The Kier molecular flexibility index (Phi) is 55.5. The Bertz CT molecular complexity index is 1830. The van der Waals surface area contributed by atoms with Gasteiger partial charge in [0.15, 0.2) is 0 Å². The van der Waals surface area contributed by atoms with E-state index in [0.717, 1.165) is 122 Å². The molecule has 1 amide bonds. The molecule has 0 bridgehead atoms. The summed E-state index contributed by atoms with van der Waals surface area (Å²) in [5.41, 5.74) is 0. The van der Waals surface area contributed by atoms with E-state index in [1.54, 1.807) is 0 Å². The summed E-state index contributed by atoms with van der Waals surface area (Å²) in [6.45, 7) is 6.73. The molecule has 0 spiro atoms. The molecule has 2 N–H and O–H groups in total. The van der Waals surface area contributed by atoms with Gasteiger partial charge in [0.1, 0.15) is 19.3 Å². The normalized spacial score (nSPS) is 14.5. The second-order valence-corrected chi connectivity index (χ2v) is 23.6. The standard InChI is InChI=1S/C70H119N2O7P/c1-7-10-13-16-19-22-25-28-30-32-33-34-35-36-37-38-39-41-42-44-47-50-53-56-59-62-69(73)71-67(66-78-80(75,76)77-65-64-72(4,5)6)68(61-58-55-52-49-46-27-24-21-18-15-12-9-3)79-70(74)63-60-57-54-51-48-45-43-40-31-29-26-23-20-17-14-11-8-2/h10-11,13-14,19-20,22-23,28-31,33-34,36-37,43,45,51,54,58,61,67-68H,7-9,12,15-18,21,24-27,32,35,38-42,44,46-50,52-53,55-57,59-60,62-66H2,1-6H3,(H-,71,73,75,76)/p+1/b13-10-,14-11-,22-19-,23-20-,30-28-,31-29-,34-33-,37-36-,45-43-,54-51-,61-58-. The number of rotatable bonds is 56. The number of amides is 1. The first kappa shape index (κ1) is 76.1. The number of unbranched alkanes of at least 4 members (excludes halogenated alkanes) is 20. The van der Waals surface area contributed by atoms with Crippen LogP contribution in [0.1, 0.15) is 245 Å². The summed E-state index contributed by atoms with van der Waals surface area (Å²) >= 11 is 0. The molecule has 456 valence electrons. The van der Waals surface area contributed by atoms with Gasteiger partial charge in [-0.2, -0.15) is 0 Å². The molecule has 0 rings (SSSR count). The molecule has 10 heteroatoms. The minimum atomic E-state index is -4.47. The third-order valence-electron chi connectivity index (χ3n) is 13.3. The molecule has 80 heavy (non-hydrogen) atoms. The number of ether oxygens (including phenoxy) is 1. The summed E-state index contributed by atoms with van der Waals surface area (Å²) in [5.74, 6) is -0.589. The molecule has 0 fully saturated rings. The molecule has 9 nitrogen and oxygen atoms in total. The Hall–Kier alpha value is -3.85. The van der Waals surface area contributed by atoms with Crippen molar-refractivity contribution in [3.05, 3.63) is 134 Å². The second kappa shape index (κ2) is 58.4. The Morgan fingerprint density at radius 1 is 0.450 bits per heavy atom. The van der Waals surface area contributed by atoms with Crippen LogP contribution in [-0.2, 0) is 27.9 Å². The van der Waals surface area contributed by atoms with Crippen molar-refractivity contribution in [1.82, 2.24) is 5.32 Å². The smallest absolute Gasteiger partial charge is 0.456 e. The predicted octanol–water partition coefficient (Wildman–Crippen LogP) is 20.1. The van der Waals surface area contributed by atoms with Crippen molar-refractivity contribution in [2.45, 2.75) is 258 Å². The maximum absolute atomic E-state index is 13.6. The van der Waals surface area contributed by atoms with Crippen molar-refractivity contribution in [1.29, 1.82) is 0 Å². The van der Waals surface area contributed by atoms with Crippen LogP contribution < -0.4 is 5.32 Å². The van der Waals surface area contributed by atoms with Crippen molar-refractivity contribution >= 4 is 19.7 Å². The first-order valence-electron chi connectivity index (χ1n) is 32.0. The summed E-state index contributed by atoms with van der Waals surface area (Å²) in [6.07, 6.45) is 83.2. The minimum Gasteiger partial charge on any atom is -0.456 e. The molecule has 3 atom stereocenters. The van der Waals surface area contributed by atoms with E-state index in [4.69, 9.17) is 13.8 Å². The molecule has 0 aliphatic rings. The molecule has 0 aromatic carbocycles. The summed E-state index contributed by atoms with van der Waals surface area (Å²) in [6, 6.07) is -0.884. The highest BCUT2D eigenvalue weighted by Crippen LogP contribution is 2.43. The molecule has 0 aromatic rings. The number of phosphoric ester groups is 1. The van der Waals surface area contributed by atoms with Crippen LogP contribution in [0.3, 0.4) is 0 Å². The number of likely N-dealkylation sites (N-methyl/N-ethyl adjacent to an activating group) is 1. The number of allylic oxidation sites excluding steroid dienone is 21. The topological polar surface area (TPSA) is 111 Å². The number of nitrogens with zero attached hydrogens (tertiary/aromatic N) is 1. The van der Waals surface area contributed by atoms with E-state index in [1.165, 1.54) is 83.5 Å². The number of esters is 1. The average Bonchev–Trinajstić information content (AvgIpc) is 3.42. The fraction of sp³-hybridized carbons (Fsp3) is 0.657. The Labute approximate surface area is 492 Å². The highest BCUT2D eigenvalue weighted by atomic mass is 31.2. The first-order chi connectivity index (χ1) is 38.9. The zero-order valence-corrected chi connectivity index (χ0v) is 52.9. The van der Waals surface area contributed by atoms with Crippen LogP contribution in [0.25, 0.3) is 0 Å². The van der Waals surface area contributed by atoms with Gasteiger partial charge >= 0.3 is 13.8 Å². The van der Waals surface area contributed by atoms with Gasteiger partial charge in [0.25, 0.3) is 0 Å². The van der Waals surface area contributed by atoms with Gasteiger partial charge in [-0.1, -0.05) is 251 Å². The quantitative estimate of drug-likeness (QED) is 0.0205. The van der Waals surface area contributed by atoms with Gasteiger partial charge in [-0.15, -0.1) is 0 Å².